The lowest BCUT2D eigenvalue weighted by Crippen LogP contribution is -2.50. The summed E-state index contributed by atoms with van der Waals surface area (Å²) in [4.78, 5) is 10.8. The van der Waals surface area contributed by atoms with Gasteiger partial charge in [-0.05, 0) is 6.92 Å². The van der Waals surface area contributed by atoms with E-state index in [2.05, 4.69) is 10.2 Å². The van der Waals surface area contributed by atoms with Gasteiger partial charge in [0, 0.05) is 0 Å². The van der Waals surface area contributed by atoms with E-state index >= 15 is 0 Å². The zero-order valence-electron chi connectivity index (χ0n) is 8.39. The molecular formula is C7H7F6N2O2. The van der Waals surface area contributed by atoms with Gasteiger partial charge in [-0.25, -0.2) is 0 Å². The van der Waals surface area contributed by atoms with Crippen molar-refractivity contribution < 1.29 is 35.9 Å². The highest BCUT2D eigenvalue weighted by atomic mass is 19.4. The van der Waals surface area contributed by atoms with Gasteiger partial charge in [-0.3, -0.25) is 4.79 Å². The molecule has 0 aromatic rings. The molecule has 0 N–H and O–H groups in total. The second kappa shape index (κ2) is 4.02. The number of esters is 1. The molecule has 4 nitrogen and oxygen atoms in total. The molecule has 17 heavy (non-hydrogen) atoms. The van der Waals surface area contributed by atoms with Crippen LogP contribution in [0.3, 0.4) is 0 Å². The Morgan fingerprint density at radius 3 is 2.00 bits per heavy atom. The van der Waals surface area contributed by atoms with E-state index in [0.29, 0.717) is 0 Å². The number of hydrogen-bond donors (Lipinski definition) is 0. The molecule has 1 aliphatic rings. The minimum atomic E-state index is -5.63. The number of alkyl halides is 6. The molecule has 1 radical (unpaired) electrons. The van der Waals surface area contributed by atoms with Crippen LogP contribution < -0.4 is 5.43 Å². The lowest BCUT2D eigenvalue weighted by atomic mass is 10.2. The molecule has 1 atom stereocenters. The van der Waals surface area contributed by atoms with E-state index in [1.807, 2.05) is 0 Å². The number of carbonyl (C=O) groups is 1. The summed E-state index contributed by atoms with van der Waals surface area (Å²) in [5, 5.41) is -0.370. The van der Waals surface area contributed by atoms with Crippen LogP contribution in [0.4, 0.5) is 26.3 Å². The zero-order chi connectivity index (χ0) is 13.5. The van der Waals surface area contributed by atoms with Crippen molar-refractivity contribution in [2.75, 3.05) is 13.2 Å². The average molecular weight is 265 g/mol. The Balaban J connectivity index is 2.78. The highest BCUT2D eigenvalue weighted by Crippen LogP contribution is 2.53. The summed E-state index contributed by atoms with van der Waals surface area (Å²) in [5.41, 5.74) is -1.94. The number of rotatable bonds is 3. The van der Waals surface area contributed by atoms with Crippen molar-refractivity contribution in [3.8, 4) is 0 Å². The number of nitrogens with zero attached hydrogens (tertiary/aromatic N) is 2. The molecule has 1 fully saturated rings. The van der Waals surface area contributed by atoms with E-state index in [4.69, 9.17) is 0 Å². The summed E-state index contributed by atoms with van der Waals surface area (Å²) >= 11 is 0. The summed E-state index contributed by atoms with van der Waals surface area (Å²) in [6.45, 7) is 0.0443. The Morgan fingerprint density at radius 2 is 1.71 bits per heavy atom. The van der Waals surface area contributed by atoms with Crippen LogP contribution in [0.2, 0.25) is 0 Å². The van der Waals surface area contributed by atoms with Crippen molar-refractivity contribution in [3.63, 3.8) is 0 Å². The fourth-order valence-electron chi connectivity index (χ4n) is 1.20. The van der Waals surface area contributed by atoms with E-state index < -0.39 is 30.5 Å². The molecule has 1 unspecified atom stereocenters. The van der Waals surface area contributed by atoms with Gasteiger partial charge < -0.3 is 4.74 Å². The van der Waals surface area contributed by atoms with Crippen LogP contribution >= 0.6 is 0 Å². The molecule has 0 spiro atoms. The molecule has 99 valence electrons. The molecular weight excluding hydrogens is 258 g/mol. The van der Waals surface area contributed by atoms with E-state index in [0.717, 1.165) is 0 Å². The maximum Gasteiger partial charge on any atom is 0.433 e. The third-order valence-electron chi connectivity index (χ3n) is 1.97. The van der Waals surface area contributed by atoms with Crippen molar-refractivity contribution in [2.24, 2.45) is 0 Å². The molecule has 1 saturated heterocycles. The van der Waals surface area contributed by atoms with Gasteiger partial charge in [0.15, 0.2) is 0 Å². The topological polar surface area (TPSA) is 43.4 Å². The Kier molecular flexibility index (Phi) is 3.32. The fourth-order valence-corrected chi connectivity index (χ4v) is 1.20. The monoisotopic (exact) mass is 265 g/mol. The van der Waals surface area contributed by atoms with E-state index in [1.165, 1.54) is 6.92 Å². The summed E-state index contributed by atoms with van der Waals surface area (Å²) in [7, 11) is 0. The molecule has 0 aliphatic carbocycles. The second-order valence-electron chi connectivity index (χ2n) is 3.13. The van der Waals surface area contributed by atoms with Gasteiger partial charge >= 0.3 is 24.0 Å². The van der Waals surface area contributed by atoms with Crippen LogP contribution in [0, 0.1) is 0 Å². The van der Waals surface area contributed by atoms with Crippen LogP contribution in [0.25, 0.3) is 0 Å². The van der Waals surface area contributed by atoms with Gasteiger partial charge in [0.1, 0.15) is 6.54 Å². The van der Waals surface area contributed by atoms with Crippen molar-refractivity contribution in [3.05, 3.63) is 0 Å². The molecule has 1 heterocycles. The third-order valence-corrected chi connectivity index (χ3v) is 1.97. The molecule has 1 aliphatic heterocycles. The Hall–Kier alpha value is -1.03. The highest BCUT2D eigenvalue weighted by Gasteiger charge is 2.86. The Morgan fingerprint density at radius 1 is 1.24 bits per heavy atom. The van der Waals surface area contributed by atoms with E-state index in [1.54, 1.807) is 0 Å². The van der Waals surface area contributed by atoms with Crippen LogP contribution in [0.15, 0.2) is 0 Å². The largest absolute Gasteiger partial charge is 0.465 e. The lowest BCUT2D eigenvalue weighted by Gasteiger charge is -2.20. The van der Waals surface area contributed by atoms with Crippen LogP contribution in [0.1, 0.15) is 6.92 Å². The first-order valence-corrected chi connectivity index (χ1v) is 4.35. The summed E-state index contributed by atoms with van der Waals surface area (Å²) < 4.78 is 77.9. The quantitative estimate of drug-likeness (QED) is 0.437. The normalized spacial score (nSPS) is 23.4. The van der Waals surface area contributed by atoms with Crippen LogP contribution in [0.5, 0.6) is 0 Å². The van der Waals surface area contributed by atoms with E-state index in [-0.39, 0.29) is 11.6 Å². The Bertz CT molecular complexity index is 298. The summed E-state index contributed by atoms with van der Waals surface area (Å²) in [5.74, 6) is -1.20. The standard InChI is InChI=1S/C7H7F6N2O2/c1-2-17-4(16)3-15-5(14-15,6(8,9)10)7(11,12)13/h2-3H2,1H3. The predicted octanol–water partition coefficient (Wildman–Crippen LogP) is 1.21. The Labute approximate surface area is 91.5 Å². The minimum Gasteiger partial charge on any atom is -0.465 e. The first-order valence-electron chi connectivity index (χ1n) is 4.35. The molecule has 0 aromatic heterocycles. The van der Waals surface area contributed by atoms with Crippen LogP contribution in [-0.4, -0.2) is 42.1 Å². The van der Waals surface area contributed by atoms with Gasteiger partial charge in [0.05, 0.1) is 6.61 Å². The SMILES string of the molecule is CCOC(=O)CN1[N]C1(C(F)(F)F)C(F)(F)F. The van der Waals surface area contributed by atoms with E-state index in [9.17, 15) is 31.1 Å². The summed E-state index contributed by atoms with van der Waals surface area (Å²) in [6.07, 6.45) is -11.3. The van der Waals surface area contributed by atoms with Gasteiger partial charge in [0.2, 0.25) is 0 Å². The highest BCUT2D eigenvalue weighted by molar-refractivity contribution is 5.72. The first-order chi connectivity index (χ1) is 7.56. The second-order valence-corrected chi connectivity index (χ2v) is 3.13. The maximum absolute atomic E-state index is 12.3. The number of halogens is 6. The van der Waals surface area contributed by atoms with Gasteiger partial charge in [-0.1, -0.05) is 0 Å². The predicted molar refractivity (Wildman–Crippen MR) is 40.3 cm³/mol. The molecule has 10 heteroatoms. The smallest absolute Gasteiger partial charge is 0.433 e. The van der Waals surface area contributed by atoms with Crippen molar-refractivity contribution in [2.45, 2.75) is 24.9 Å². The zero-order valence-corrected chi connectivity index (χ0v) is 8.39. The number of ether oxygens (including phenoxy) is 1. The molecule has 0 aromatic carbocycles. The van der Waals surface area contributed by atoms with Crippen molar-refractivity contribution in [1.82, 2.24) is 10.4 Å². The molecule has 0 bridgehead atoms. The minimum absolute atomic E-state index is 0.141. The van der Waals surface area contributed by atoms with Crippen molar-refractivity contribution in [1.29, 1.82) is 0 Å². The third kappa shape index (κ3) is 2.32. The average Bonchev–Trinajstić information content (AvgIpc) is 2.77. The summed E-state index contributed by atoms with van der Waals surface area (Å²) in [6, 6.07) is 0. The van der Waals surface area contributed by atoms with Crippen molar-refractivity contribution >= 4 is 5.97 Å². The van der Waals surface area contributed by atoms with Crippen LogP contribution in [-0.2, 0) is 9.53 Å². The number of carbonyl (C=O) groups excluding carboxylic acids is 1. The maximum atomic E-state index is 12.3. The molecule has 1 rings (SSSR count). The fraction of sp³-hybridized carbons (Fsp3) is 0.857. The lowest BCUT2D eigenvalue weighted by molar-refractivity contribution is -0.279. The number of hydrogen-bond acceptors (Lipinski definition) is 3. The van der Waals surface area contributed by atoms with Gasteiger partial charge in [-0.2, -0.15) is 31.4 Å². The van der Waals surface area contributed by atoms with Gasteiger partial charge in [-0.15, -0.1) is 5.43 Å². The molecule has 0 amide bonds. The van der Waals surface area contributed by atoms with Gasteiger partial charge in [0.25, 0.3) is 0 Å². The first kappa shape index (κ1) is 14.0. The molecule has 0 saturated carbocycles.